The topological polar surface area (TPSA) is 7.12 Å². The molecule has 1 heterocycles. The van der Waals surface area contributed by atoms with E-state index >= 15 is 0 Å². The van der Waals surface area contributed by atoms with E-state index in [1.54, 1.807) is 0 Å². The minimum absolute atomic E-state index is 1.18. The highest BCUT2D eigenvalue weighted by atomic mass is 15.1. The first-order chi connectivity index (χ1) is 14.2. The van der Waals surface area contributed by atoms with Gasteiger partial charge in [-0.05, 0) is 29.8 Å². The Labute approximate surface area is 171 Å². The van der Waals surface area contributed by atoms with Crippen LogP contribution in [0.2, 0.25) is 0 Å². The molecule has 0 saturated heterocycles. The van der Waals surface area contributed by atoms with Crippen molar-refractivity contribution in [3.05, 3.63) is 103 Å². The van der Waals surface area contributed by atoms with Crippen molar-refractivity contribution in [1.29, 1.82) is 0 Å². The van der Waals surface area contributed by atoms with Crippen molar-refractivity contribution >= 4 is 27.5 Å². The zero-order valence-electron chi connectivity index (χ0n) is 16.7. The van der Waals surface area contributed by atoms with Crippen LogP contribution in [0.15, 0.2) is 103 Å². The number of aromatic nitrogens is 1. The number of hydrogen-bond donors (Lipinski definition) is 0. The monoisotopic (exact) mass is 375 g/mol. The molecule has 5 aromatic rings. The van der Waals surface area contributed by atoms with E-state index in [1.165, 1.54) is 44.3 Å². The van der Waals surface area contributed by atoms with Gasteiger partial charge in [-0.1, -0.05) is 54.6 Å². The van der Waals surface area contributed by atoms with Crippen LogP contribution in [-0.4, -0.2) is 14.1 Å². The number of rotatable bonds is 3. The van der Waals surface area contributed by atoms with E-state index in [1.807, 2.05) is 0 Å². The van der Waals surface area contributed by atoms with Crippen LogP contribution >= 0.6 is 0 Å². The van der Waals surface area contributed by atoms with Crippen LogP contribution in [0.5, 0.6) is 0 Å². The predicted octanol–water partition coefficient (Wildman–Crippen LogP) is 6.00. The molecule has 0 aliphatic carbocycles. The zero-order chi connectivity index (χ0) is 19.8. The second-order valence-electron chi connectivity index (χ2n) is 7.52. The summed E-state index contributed by atoms with van der Waals surface area (Å²) in [7, 11) is 4.15. The van der Waals surface area contributed by atoms with E-state index in [4.69, 9.17) is 0 Å². The highest BCUT2D eigenvalue weighted by Crippen LogP contribution is 2.35. The predicted molar refractivity (Wildman–Crippen MR) is 123 cm³/mol. The summed E-state index contributed by atoms with van der Waals surface area (Å²) in [6, 6.07) is 36.8. The third-order valence-electron chi connectivity index (χ3n) is 5.52. The summed E-state index contributed by atoms with van der Waals surface area (Å²) in [5.41, 5.74) is 7.33. The molecular weight excluding hydrogens is 352 g/mol. The SMILES string of the molecule is CN(C)c1ccc(-c2c3ccccc3[n+](-c3ccccc3)c3ccccc23)cc1. The number of nitrogens with zero attached hydrogens (tertiary/aromatic N) is 2. The van der Waals surface area contributed by atoms with E-state index in [-0.39, 0.29) is 0 Å². The van der Waals surface area contributed by atoms with Gasteiger partial charge in [0.05, 0.1) is 10.8 Å². The Morgan fingerprint density at radius 3 is 1.62 bits per heavy atom. The summed E-state index contributed by atoms with van der Waals surface area (Å²) >= 11 is 0. The molecule has 0 saturated carbocycles. The molecular formula is C27H23N2+. The standard InChI is InChI=1S/C27H23N2/c1-28(2)21-18-16-20(17-19-21)27-23-12-6-8-14-25(23)29(22-10-4-3-5-11-22)26-15-9-7-13-24(26)27/h3-19H,1-2H3/q+1. The van der Waals surface area contributed by atoms with Crippen LogP contribution in [0.4, 0.5) is 5.69 Å². The number of fused-ring (bicyclic) bond motifs is 2. The van der Waals surface area contributed by atoms with Gasteiger partial charge in [0.2, 0.25) is 16.7 Å². The van der Waals surface area contributed by atoms with E-state index in [0.717, 1.165) is 0 Å². The molecule has 0 amide bonds. The maximum absolute atomic E-state index is 2.36. The summed E-state index contributed by atoms with van der Waals surface area (Å²) in [5.74, 6) is 0. The van der Waals surface area contributed by atoms with Gasteiger partial charge in [-0.25, -0.2) is 0 Å². The molecule has 140 valence electrons. The molecule has 0 bridgehead atoms. The number of para-hydroxylation sites is 3. The van der Waals surface area contributed by atoms with E-state index in [0.29, 0.717) is 0 Å². The normalized spacial score (nSPS) is 11.1. The van der Waals surface area contributed by atoms with Crippen LogP contribution in [0.3, 0.4) is 0 Å². The van der Waals surface area contributed by atoms with Gasteiger partial charge in [0, 0.05) is 49.6 Å². The maximum Gasteiger partial charge on any atom is 0.219 e. The molecule has 0 unspecified atom stereocenters. The van der Waals surface area contributed by atoms with Crippen molar-refractivity contribution in [1.82, 2.24) is 0 Å². The smallest absolute Gasteiger partial charge is 0.219 e. The largest absolute Gasteiger partial charge is 0.378 e. The molecule has 2 nitrogen and oxygen atoms in total. The maximum atomic E-state index is 2.36. The molecule has 29 heavy (non-hydrogen) atoms. The Hall–Kier alpha value is -3.65. The molecule has 0 N–H and O–H groups in total. The van der Waals surface area contributed by atoms with Gasteiger partial charge in [-0.2, -0.15) is 4.57 Å². The van der Waals surface area contributed by atoms with E-state index in [9.17, 15) is 0 Å². The fourth-order valence-corrected chi connectivity index (χ4v) is 4.13. The van der Waals surface area contributed by atoms with Gasteiger partial charge in [0.1, 0.15) is 0 Å². The molecule has 0 radical (unpaired) electrons. The Morgan fingerprint density at radius 2 is 1.07 bits per heavy atom. The van der Waals surface area contributed by atoms with Crippen molar-refractivity contribution < 1.29 is 4.57 Å². The lowest BCUT2D eigenvalue weighted by Crippen LogP contribution is -2.32. The van der Waals surface area contributed by atoms with E-state index < -0.39 is 0 Å². The highest BCUT2D eigenvalue weighted by Gasteiger charge is 2.22. The quantitative estimate of drug-likeness (QED) is 0.277. The van der Waals surface area contributed by atoms with Crippen LogP contribution in [0.1, 0.15) is 0 Å². The lowest BCUT2D eigenvalue weighted by Gasteiger charge is -2.15. The van der Waals surface area contributed by atoms with Crippen LogP contribution in [-0.2, 0) is 0 Å². The lowest BCUT2D eigenvalue weighted by atomic mass is 9.95. The average molecular weight is 375 g/mol. The summed E-state index contributed by atoms with van der Waals surface area (Å²) in [6.07, 6.45) is 0. The molecule has 1 aromatic heterocycles. The first kappa shape index (κ1) is 17.4. The Morgan fingerprint density at radius 1 is 0.552 bits per heavy atom. The van der Waals surface area contributed by atoms with Crippen LogP contribution < -0.4 is 9.47 Å². The lowest BCUT2D eigenvalue weighted by molar-refractivity contribution is -0.537. The minimum atomic E-state index is 1.18. The fourth-order valence-electron chi connectivity index (χ4n) is 4.13. The minimum Gasteiger partial charge on any atom is -0.378 e. The van der Waals surface area contributed by atoms with Gasteiger partial charge in [0.15, 0.2) is 0 Å². The number of benzene rings is 4. The van der Waals surface area contributed by atoms with Gasteiger partial charge in [-0.3, -0.25) is 0 Å². The van der Waals surface area contributed by atoms with Crippen LogP contribution in [0, 0.1) is 0 Å². The van der Waals surface area contributed by atoms with Gasteiger partial charge >= 0.3 is 0 Å². The summed E-state index contributed by atoms with van der Waals surface area (Å²) in [4.78, 5) is 2.13. The van der Waals surface area contributed by atoms with Crippen molar-refractivity contribution in [2.75, 3.05) is 19.0 Å². The first-order valence-corrected chi connectivity index (χ1v) is 9.93. The van der Waals surface area contributed by atoms with Gasteiger partial charge in [-0.15, -0.1) is 0 Å². The second kappa shape index (κ2) is 7.06. The van der Waals surface area contributed by atoms with E-state index in [2.05, 4.69) is 127 Å². The molecule has 2 heteroatoms. The second-order valence-corrected chi connectivity index (χ2v) is 7.52. The third-order valence-corrected chi connectivity index (χ3v) is 5.52. The zero-order valence-corrected chi connectivity index (χ0v) is 16.7. The number of hydrogen-bond acceptors (Lipinski definition) is 1. The molecule has 0 fully saturated rings. The molecule has 0 spiro atoms. The van der Waals surface area contributed by atoms with Gasteiger partial charge < -0.3 is 4.90 Å². The summed E-state index contributed by atoms with van der Waals surface area (Å²) in [6.45, 7) is 0. The third kappa shape index (κ3) is 2.94. The fraction of sp³-hybridized carbons (Fsp3) is 0.0741. The molecule has 0 aliphatic heterocycles. The molecule has 0 aliphatic rings. The van der Waals surface area contributed by atoms with Crippen LogP contribution in [0.25, 0.3) is 38.6 Å². The Balaban J connectivity index is 1.90. The van der Waals surface area contributed by atoms with Crippen molar-refractivity contribution in [2.45, 2.75) is 0 Å². The van der Waals surface area contributed by atoms with Crippen molar-refractivity contribution in [2.24, 2.45) is 0 Å². The van der Waals surface area contributed by atoms with Gasteiger partial charge in [0.25, 0.3) is 0 Å². The molecule has 0 atom stereocenters. The molecule has 5 rings (SSSR count). The first-order valence-electron chi connectivity index (χ1n) is 9.93. The van der Waals surface area contributed by atoms with Crippen molar-refractivity contribution in [3.8, 4) is 16.8 Å². The number of pyridine rings is 1. The summed E-state index contributed by atoms with van der Waals surface area (Å²) in [5, 5.41) is 2.51. The highest BCUT2D eigenvalue weighted by molar-refractivity contribution is 6.07. The van der Waals surface area contributed by atoms with Crippen molar-refractivity contribution in [3.63, 3.8) is 0 Å². The Bertz CT molecular complexity index is 1250. The average Bonchev–Trinajstić information content (AvgIpc) is 2.78. The Kier molecular flexibility index (Phi) is 4.25. The molecule has 4 aromatic carbocycles. The number of anilines is 1. The summed E-state index contributed by atoms with van der Waals surface area (Å²) < 4.78 is 2.36.